The lowest BCUT2D eigenvalue weighted by molar-refractivity contribution is 0.00578. The molecule has 0 saturated carbocycles. The Hall–Kier alpha value is -3.23. The highest BCUT2D eigenvalue weighted by atomic mass is 79.9. The van der Waals surface area contributed by atoms with E-state index in [2.05, 4.69) is 243 Å². The molecule has 0 radical (unpaired) electrons. The highest BCUT2D eigenvalue weighted by molar-refractivity contribution is 9.11. The zero-order chi connectivity index (χ0) is 66.8. The second-order valence-corrected chi connectivity index (χ2v) is 35.2. The minimum absolute atomic E-state index is 0.415. The summed E-state index contributed by atoms with van der Waals surface area (Å²) < 4.78 is 29.7. The average Bonchev–Trinajstić information content (AvgIpc) is 1.00. The van der Waals surface area contributed by atoms with Gasteiger partial charge in [-0.05, 0) is 270 Å². The first kappa shape index (κ1) is 73.0. The van der Waals surface area contributed by atoms with Gasteiger partial charge in [0, 0.05) is 8.95 Å². The molecule has 500 valence electrons. The van der Waals surface area contributed by atoms with Crippen LogP contribution in [-0.2, 0) is 44.3 Å². The Morgan fingerprint density at radius 1 is 0.293 bits per heavy atom. The van der Waals surface area contributed by atoms with Crippen molar-refractivity contribution in [3.05, 3.63) is 104 Å². The van der Waals surface area contributed by atoms with E-state index in [0.717, 1.165) is 66.7 Å². The lowest BCUT2D eigenvalue weighted by atomic mass is 9.70. The van der Waals surface area contributed by atoms with Crippen molar-refractivity contribution in [3.8, 4) is 0 Å². The molecule has 0 N–H and O–H groups in total. The van der Waals surface area contributed by atoms with Gasteiger partial charge in [-0.15, -0.1) is 0 Å². The standard InChI is InChI=1S/C48H72B2O4.C36H48Br2/c1-31(2)17-15-19-33(5)21-23-35-29-40-42(50-53-47(11,12)48(13,14)54-50)30-36(24-22-34(6)20-16-18-32(3)4)37-25-26-39-41(28-27-38(35)43(39)44(37)40)49-51-45(7,8)46(9,10)52-49;1-23(2)9-7-11-25(5)13-15-27-21-32-34(38)22-28(16-14-26(6)12-8-10-24(3)4)29-17-18-31-33(37)20-19-30(27)35(31)36(29)32/h25-34H,15-24H2,1-14H3;17-26H,7-16H2,1-6H3. The van der Waals surface area contributed by atoms with E-state index in [0.29, 0.717) is 11.8 Å². The summed E-state index contributed by atoms with van der Waals surface area (Å²) in [6.45, 7) is 45.8. The van der Waals surface area contributed by atoms with Gasteiger partial charge >= 0.3 is 14.2 Å². The highest BCUT2D eigenvalue weighted by Gasteiger charge is 2.54. The zero-order valence-electron chi connectivity index (χ0n) is 61.2. The smallest absolute Gasteiger partial charge is 0.399 e. The summed E-state index contributed by atoms with van der Waals surface area (Å²) in [6.07, 6.45) is 25.1. The molecule has 0 amide bonds. The van der Waals surface area contributed by atoms with Crippen molar-refractivity contribution in [1.82, 2.24) is 0 Å². The van der Waals surface area contributed by atoms with Crippen LogP contribution < -0.4 is 10.9 Å². The number of benzene rings is 8. The minimum atomic E-state index is -0.438. The van der Waals surface area contributed by atoms with Gasteiger partial charge in [-0.2, -0.15) is 0 Å². The monoisotopic (exact) mass is 1370 g/mol. The molecule has 0 aromatic heterocycles. The van der Waals surface area contributed by atoms with Crippen LogP contribution in [0.15, 0.2) is 81.7 Å². The van der Waals surface area contributed by atoms with Gasteiger partial charge in [0.25, 0.3) is 0 Å². The van der Waals surface area contributed by atoms with Crippen LogP contribution in [0.3, 0.4) is 0 Å². The molecule has 0 aliphatic carbocycles. The Balaban J connectivity index is 0.000000231. The molecule has 2 aliphatic heterocycles. The van der Waals surface area contributed by atoms with Crippen molar-refractivity contribution in [2.45, 2.75) is 289 Å². The molecule has 2 fully saturated rings. The van der Waals surface area contributed by atoms with Gasteiger partial charge < -0.3 is 18.6 Å². The molecule has 8 aromatic rings. The van der Waals surface area contributed by atoms with E-state index >= 15 is 0 Å². The molecule has 4 atom stereocenters. The molecule has 4 unspecified atom stereocenters. The lowest BCUT2D eigenvalue weighted by Crippen LogP contribution is -2.41. The van der Waals surface area contributed by atoms with Gasteiger partial charge in [0.15, 0.2) is 0 Å². The fraction of sp³-hybridized carbons (Fsp3) is 0.619. The summed E-state index contributed by atoms with van der Waals surface area (Å²) in [5, 5.41) is 16.4. The fourth-order valence-corrected chi connectivity index (χ4v) is 16.1. The maximum absolute atomic E-state index is 6.89. The predicted octanol–water partition coefficient (Wildman–Crippen LogP) is 24.9. The van der Waals surface area contributed by atoms with Gasteiger partial charge in [0.1, 0.15) is 0 Å². The first-order valence-corrected chi connectivity index (χ1v) is 38.5. The summed E-state index contributed by atoms with van der Waals surface area (Å²) in [7, 11) is -0.870. The van der Waals surface area contributed by atoms with E-state index < -0.39 is 36.6 Å². The fourth-order valence-electron chi connectivity index (χ4n) is 15.1. The molecule has 2 heterocycles. The third-order valence-electron chi connectivity index (χ3n) is 22.7. The molecule has 2 saturated heterocycles. The second-order valence-electron chi connectivity index (χ2n) is 33.5. The SMILES string of the molecule is CC(C)CCCC(C)CCc1cc2c(B3OC(C)(C)C(C)(C)O3)cc(CCC(C)CCCC(C)C)c3ccc4c(B5OC(C)(C)C(C)(C)O5)ccc1c4c32.CC(C)CCCC(C)CCc1cc2c(Br)cc(CCC(C)CCCC(C)C)c3ccc4c(Br)ccc1c4c23. The Kier molecular flexibility index (Phi) is 24.3. The van der Waals surface area contributed by atoms with Gasteiger partial charge in [-0.3, -0.25) is 0 Å². The Morgan fingerprint density at radius 3 is 0.989 bits per heavy atom. The van der Waals surface area contributed by atoms with E-state index in [1.54, 1.807) is 0 Å². The summed E-state index contributed by atoms with van der Waals surface area (Å²) in [5.41, 5.74) is 6.42. The van der Waals surface area contributed by atoms with Crippen LogP contribution in [0.2, 0.25) is 0 Å². The lowest BCUT2D eigenvalue weighted by Gasteiger charge is -2.32. The van der Waals surface area contributed by atoms with E-state index in [-0.39, 0.29) is 0 Å². The van der Waals surface area contributed by atoms with Crippen molar-refractivity contribution in [3.63, 3.8) is 0 Å². The Bertz CT molecular complexity index is 3680. The van der Waals surface area contributed by atoms with E-state index in [1.807, 2.05) is 0 Å². The molecule has 0 spiro atoms. The first-order valence-electron chi connectivity index (χ1n) is 36.9. The summed E-state index contributed by atoms with van der Waals surface area (Å²) in [6, 6.07) is 28.7. The zero-order valence-corrected chi connectivity index (χ0v) is 64.4. The first-order chi connectivity index (χ1) is 43.4. The summed E-state index contributed by atoms with van der Waals surface area (Å²) in [5.74, 6) is 6.04. The highest BCUT2D eigenvalue weighted by Crippen LogP contribution is 2.46. The molecule has 8 heteroatoms. The molecule has 2 aliphatic rings. The predicted molar refractivity (Wildman–Crippen MR) is 412 cm³/mol. The topological polar surface area (TPSA) is 36.9 Å². The van der Waals surface area contributed by atoms with Crippen LogP contribution in [0.5, 0.6) is 0 Å². The van der Waals surface area contributed by atoms with Gasteiger partial charge in [0.05, 0.1) is 22.4 Å². The van der Waals surface area contributed by atoms with Crippen LogP contribution >= 0.6 is 31.9 Å². The van der Waals surface area contributed by atoms with E-state index in [1.165, 1.54) is 204 Å². The van der Waals surface area contributed by atoms with Crippen LogP contribution in [0, 0.1) is 47.3 Å². The number of hydrogen-bond donors (Lipinski definition) is 0. The van der Waals surface area contributed by atoms with Crippen molar-refractivity contribution < 1.29 is 18.6 Å². The molecule has 0 bridgehead atoms. The second kappa shape index (κ2) is 30.7. The van der Waals surface area contributed by atoms with Crippen LogP contribution in [-0.4, -0.2) is 36.6 Å². The molecule has 92 heavy (non-hydrogen) atoms. The van der Waals surface area contributed by atoms with Crippen molar-refractivity contribution in [1.29, 1.82) is 0 Å². The number of hydrogen-bond acceptors (Lipinski definition) is 4. The number of halogens is 2. The Labute approximate surface area is 576 Å². The van der Waals surface area contributed by atoms with Gasteiger partial charge in [-0.1, -0.05) is 247 Å². The van der Waals surface area contributed by atoms with Crippen molar-refractivity contribution >= 4 is 122 Å². The van der Waals surface area contributed by atoms with Gasteiger partial charge in [-0.25, -0.2) is 0 Å². The summed E-state index contributed by atoms with van der Waals surface area (Å²) >= 11 is 7.90. The number of aryl methyl sites for hydroxylation is 4. The van der Waals surface area contributed by atoms with Gasteiger partial charge in [0.2, 0.25) is 0 Å². The third kappa shape index (κ3) is 16.8. The molecule has 4 nitrogen and oxygen atoms in total. The molecule has 10 rings (SSSR count). The van der Waals surface area contributed by atoms with E-state index in [4.69, 9.17) is 18.6 Å². The minimum Gasteiger partial charge on any atom is -0.399 e. The van der Waals surface area contributed by atoms with Crippen LogP contribution in [0.4, 0.5) is 0 Å². The Morgan fingerprint density at radius 2 is 0.587 bits per heavy atom. The summed E-state index contributed by atoms with van der Waals surface area (Å²) in [4.78, 5) is 0. The third-order valence-corrected chi connectivity index (χ3v) is 24.0. The molecule has 8 aromatic carbocycles. The quantitative estimate of drug-likeness (QED) is 0.0332. The maximum atomic E-state index is 6.89. The van der Waals surface area contributed by atoms with E-state index in [9.17, 15) is 0 Å². The maximum Gasteiger partial charge on any atom is 0.495 e. The number of rotatable bonds is 30. The molecular weight excluding hydrogens is 1250 g/mol. The normalized spacial score (nSPS) is 17.8. The largest absolute Gasteiger partial charge is 0.495 e. The van der Waals surface area contributed by atoms with Crippen molar-refractivity contribution in [2.24, 2.45) is 47.3 Å². The van der Waals surface area contributed by atoms with Crippen molar-refractivity contribution in [2.75, 3.05) is 0 Å². The van der Waals surface area contributed by atoms with Crippen LogP contribution in [0.25, 0.3) is 64.6 Å². The average molecular weight is 1380 g/mol. The molecular formula is C84H120B2Br2O4. The van der Waals surface area contributed by atoms with Crippen LogP contribution in [0.1, 0.15) is 263 Å².